The minimum absolute atomic E-state index is 0.835. The predicted octanol–water partition coefficient (Wildman–Crippen LogP) is 0.803. The van der Waals surface area contributed by atoms with Crippen molar-refractivity contribution in [1.82, 2.24) is 9.80 Å². The molecule has 0 bridgehead atoms. The molecule has 2 aliphatic heterocycles. The Kier molecular flexibility index (Phi) is 3.79. The molecular formula is C11H22N2O. The van der Waals surface area contributed by atoms with Gasteiger partial charge in [-0.3, -0.25) is 4.90 Å². The molecule has 0 spiro atoms. The van der Waals surface area contributed by atoms with Gasteiger partial charge in [0.05, 0.1) is 13.2 Å². The second-order valence-corrected chi connectivity index (χ2v) is 4.31. The van der Waals surface area contributed by atoms with Gasteiger partial charge in [-0.15, -0.1) is 0 Å². The summed E-state index contributed by atoms with van der Waals surface area (Å²) in [5.41, 5.74) is 0. The van der Waals surface area contributed by atoms with Gasteiger partial charge in [-0.25, -0.2) is 0 Å². The van der Waals surface area contributed by atoms with Crippen LogP contribution < -0.4 is 0 Å². The first-order valence-electron chi connectivity index (χ1n) is 5.94. The number of hydrogen-bond donors (Lipinski definition) is 0. The van der Waals surface area contributed by atoms with Crippen molar-refractivity contribution in [2.24, 2.45) is 0 Å². The second kappa shape index (κ2) is 5.10. The lowest BCUT2D eigenvalue weighted by Crippen LogP contribution is -2.48. The summed E-state index contributed by atoms with van der Waals surface area (Å²) in [6, 6.07) is 0.835. The molecular weight excluding hydrogens is 176 g/mol. The number of nitrogens with zero attached hydrogens (tertiary/aromatic N) is 2. The maximum atomic E-state index is 5.38. The number of ether oxygens (including phenoxy) is 1. The highest BCUT2D eigenvalue weighted by Gasteiger charge is 2.24. The topological polar surface area (TPSA) is 15.7 Å². The van der Waals surface area contributed by atoms with Crippen LogP contribution in [-0.4, -0.2) is 61.8 Å². The molecule has 0 N–H and O–H groups in total. The highest BCUT2D eigenvalue weighted by atomic mass is 16.5. The van der Waals surface area contributed by atoms with E-state index in [4.69, 9.17) is 4.74 Å². The molecule has 82 valence electrons. The van der Waals surface area contributed by atoms with Crippen LogP contribution in [0, 0.1) is 0 Å². The highest BCUT2D eigenvalue weighted by molar-refractivity contribution is 4.80. The van der Waals surface area contributed by atoms with Crippen LogP contribution in [0.3, 0.4) is 0 Å². The van der Waals surface area contributed by atoms with Crippen molar-refractivity contribution in [3.63, 3.8) is 0 Å². The van der Waals surface area contributed by atoms with E-state index in [0.29, 0.717) is 0 Å². The molecule has 2 fully saturated rings. The molecule has 0 aliphatic carbocycles. The minimum atomic E-state index is 0.835. The second-order valence-electron chi connectivity index (χ2n) is 4.31. The third-order valence-corrected chi connectivity index (χ3v) is 3.57. The van der Waals surface area contributed by atoms with Crippen LogP contribution in [0.25, 0.3) is 0 Å². The van der Waals surface area contributed by atoms with Gasteiger partial charge < -0.3 is 9.64 Å². The van der Waals surface area contributed by atoms with Gasteiger partial charge in [-0.1, -0.05) is 6.92 Å². The average Bonchev–Trinajstić information content (AvgIpc) is 2.30. The standard InChI is InChI=1S/C11H22N2O/c1-2-12-5-3-11(4-6-12)13-7-9-14-10-8-13/h11H,2-10H2,1H3. The van der Waals surface area contributed by atoms with Crippen molar-refractivity contribution in [3.05, 3.63) is 0 Å². The van der Waals surface area contributed by atoms with E-state index < -0.39 is 0 Å². The smallest absolute Gasteiger partial charge is 0.0594 e. The lowest BCUT2D eigenvalue weighted by atomic mass is 10.0. The van der Waals surface area contributed by atoms with E-state index in [-0.39, 0.29) is 0 Å². The molecule has 0 aromatic heterocycles. The summed E-state index contributed by atoms with van der Waals surface area (Å²) >= 11 is 0. The van der Waals surface area contributed by atoms with Gasteiger partial charge >= 0.3 is 0 Å². The van der Waals surface area contributed by atoms with Crippen LogP contribution in [0.2, 0.25) is 0 Å². The number of hydrogen-bond acceptors (Lipinski definition) is 3. The summed E-state index contributed by atoms with van der Waals surface area (Å²) in [5.74, 6) is 0. The first-order chi connectivity index (χ1) is 6.90. The van der Waals surface area contributed by atoms with Crippen molar-refractivity contribution in [3.8, 4) is 0 Å². The molecule has 0 atom stereocenters. The molecule has 0 saturated carbocycles. The molecule has 3 nitrogen and oxygen atoms in total. The first-order valence-corrected chi connectivity index (χ1v) is 5.94. The van der Waals surface area contributed by atoms with E-state index in [2.05, 4.69) is 16.7 Å². The zero-order valence-corrected chi connectivity index (χ0v) is 9.24. The van der Waals surface area contributed by atoms with Crippen LogP contribution >= 0.6 is 0 Å². The predicted molar refractivity (Wildman–Crippen MR) is 57.5 cm³/mol. The molecule has 14 heavy (non-hydrogen) atoms. The summed E-state index contributed by atoms with van der Waals surface area (Å²) in [7, 11) is 0. The Morgan fingerprint density at radius 3 is 2.29 bits per heavy atom. The Morgan fingerprint density at radius 1 is 1.07 bits per heavy atom. The van der Waals surface area contributed by atoms with Crippen molar-refractivity contribution >= 4 is 0 Å². The van der Waals surface area contributed by atoms with Gasteiger partial charge in [0, 0.05) is 19.1 Å². The Balaban J connectivity index is 1.76. The van der Waals surface area contributed by atoms with Gasteiger partial charge in [0.2, 0.25) is 0 Å². The van der Waals surface area contributed by atoms with Crippen LogP contribution in [0.4, 0.5) is 0 Å². The molecule has 0 unspecified atom stereocenters. The fourth-order valence-electron chi connectivity index (χ4n) is 2.54. The van der Waals surface area contributed by atoms with E-state index >= 15 is 0 Å². The van der Waals surface area contributed by atoms with E-state index in [9.17, 15) is 0 Å². The molecule has 0 amide bonds. The van der Waals surface area contributed by atoms with E-state index in [1.54, 1.807) is 0 Å². The van der Waals surface area contributed by atoms with Crippen LogP contribution in [0.5, 0.6) is 0 Å². The Morgan fingerprint density at radius 2 is 1.71 bits per heavy atom. The number of piperidine rings is 1. The van der Waals surface area contributed by atoms with Gasteiger partial charge in [0.25, 0.3) is 0 Å². The number of likely N-dealkylation sites (tertiary alicyclic amines) is 1. The maximum Gasteiger partial charge on any atom is 0.0594 e. The normalized spacial score (nSPS) is 28.1. The molecule has 3 heteroatoms. The van der Waals surface area contributed by atoms with Crippen molar-refractivity contribution in [2.75, 3.05) is 45.9 Å². The molecule has 0 aromatic rings. The number of morpholine rings is 1. The van der Waals surface area contributed by atoms with Gasteiger partial charge in [-0.05, 0) is 32.5 Å². The minimum Gasteiger partial charge on any atom is -0.379 e. The largest absolute Gasteiger partial charge is 0.379 e. The zero-order valence-electron chi connectivity index (χ0n) is 9.24. The summed E-state index contributed by atoms with van der Waals surface area (Å²) in [6.07, 6.45) is 2.71. The highest BCUT2D eigenvalue weighted by Crippen LogP contribution is 2.17. The molecule has 2 aliphatic rings. The Bertz CT molecular complexity index is 161. The molecule has 2 rings (SSSR count). The fourth-order valence-corrected chi connectivity index (χ4v) is 2.54. The first kappa shape index (κ1) is 10.4. The van der Waals surface area contributed by atoms with Crippen molar-refractivity contribution in [1.29, 1.82) is 0 Å². The third-order valence-electron chi connectivity index (χ3n) is 3.57. The van der Waals surface area contributed by atoms with E-state index in [0.717, 1.165) is 32.3 Å². The molecule has 0 aromatic carbocycles. The van der Waals surface area contributed by atoms with Crippen LogP contribution in [-0.2, 0) is 4.74 Å². The lowest BCUT2D eigenvalue weighted by molar-refractivity contribution is 0.00134. The molecule has 0 radical (unpaired) electrons. The maximum absolute atomic E-state index is 5.38. The molecule has 2 saturated heterocycles. The summed E-state index contributed by atoms with van der Waals surface area (Å²) in [6.45, 7) is 10.2. The van der Waals surface area contributed by atoms with Gasteiger partial charge in [-0.2, -0.15) is 0 Å². The molecule has 2 heterocycles. The summed E-state index contributed by atoms with van der Waals surface area (Å²) in [4.78, 5) is 5.17. The van der Waals surface area contributed by atoms with Gasteiger partial charge in [0.15, 0.2) is 0 Å². The summed E-state index contributed by atoms with van der Waals surface area (Å²) < 4.78 is 5.38. The summed E-state index contributed by atoms with van der Waals surface area (Å²) in [5, 5.41) is 0. The zero-order chi connectivity index (χ0) is 9.80. The van der Waals surface area contributed by atoms with Crippen molar-refractivity contribution in [2.45, 2.75) is 25.8 Å². The monoisotopic (exact) mass is 198 g/mol. The fraction of sp³-hybridized carbons (Fsp3) is 1.00. The third kappa shape index (κ3) is 2.47. The SMILES string of the molecule is CCN1CCC(N2CCOCC2)CC1. The Labute approximate surface area is 87.0 Å². The average molecular weight is 198 g/mol. The van der Waals surface area contributed by atoms with Crippen molar-refractivity contribution < 1.29 is 4.74 Å². The van der Waals surface area contributed by atoms with Gasteiger partial charge in [0.1, 0.15) is 0 Å². The lowest BCUT2D eigenvalue weighted by Gasteiger charge is -2.39. The number of rotatable bonds is 2. The van der Waals surface area contributed by atoms with E-state index in [1.807, 2.05) is 0 Å². The Hall–Kier alpha value is -0.120. The van der Waals surface area contributed by atoms with Crippen LogP contribution in [0.15, 0.2) is 0 Å². The quantitative estimate of drug-likeness (QED) is 0.653. The van der Waals surface area contributed by atoms with E-state index in [1.165, 1.54) is 32.5 Å². The van der Waals surface area contributed by atoms with Crippen LogP contribution in [0.1, 0.15) is 19.8 Å².